The first-order valence-electron chi connectivity index (χ1n) is 7.90. The summed E-state index contributed by atoms with van der Waals surface area (Å²) in [5.41, 5.74) is 5.12. The second-order valence-corrected chi connectivity index (χ2v) is 5.98. The highest BCUT2D eigenvalue weighted by Crippen LogP contribution is 2.05. The van der Waals surface area contributed by atoms with E-state index in [4.69, 9.17) is 5.73 Å². The minimum Gasteiger partial charge on any atom is -0.355 e. The van der Waals surface area contributed by atoms with Crippen LogP contribution in [0.3, 0.4) is 0 Å². The highest BCUT2D eigenvalue weighted by Gasteiger charge is 1.96. The average Bonchev–Trinajstić information content (AvgIpc) is 2.36. The third kappa shape index (κ3) is 23.0. The van der Waals surface area contributed by atoms with Gasteiger partial charge in [-0.05, 0) is 18.3 Å². The normalized spacial score (nSPS) is 10.3. The number of hydrogen-bond donors (Lipinski definition) is 2. The minimum absolute atomic E-state index is 0.0560. The molecule has 0 heterocycles. The van der Waals surface area contributed by atoms with E-state index < -0.39 is 0 Å². The van der Waals surface area contributed by atoms with Gasteiger partial charge in [-0.15, -0.1) is 0 Å². The van der Waals surface area contributed by atoms with E-state index in [-0.39, 0.29) is 12.5 Å². The molecule has 1 amide bonds. The lowest BCUT2D eigenvalue weighted by Gasteiger charge is -2.05. The number of unbranched alkanes of at least 4 members (excludes halogenated alkanes) is 2. The van der Waals surface area contributed by atoms with Crippen molar-refractivity contribution in [3.8, 4) is 0 Å². The maximum Gasteiger partial charge on any atom is 0.233 e. The van der Waals surface area contributed by atoms with Crippen LogP contribution in [0.2, 0.25) is 0 Å². The van der Waals surface area contributed by atoms with Gasteiger partial charge < -0.3 is 11.1 Å². The number of carbonyl (C=O) groups excluding carboxylic acids is 1. The molecule has 0 fully saturated rings. The first-order valence-corrected chi connectivity index (χ1v) is 7.90. The molecule has 0 spiro atoms. The fraction of sp³-hybridized carbons (Fsp3) is 0.938. The summed E-state index contributed by atoms with van der Waals surface area (Å²) in [7, 11) is 0. The van der Waals surface area contributed by atoms with Crippen LogP contribution in [0.4, 0.5) is 0 Å². The van der Waals surface area contributed by atoms with Gasteiger partial charge in [0, 0.05) is 6.54 Å². The Hall–Kier alpha value is -0.570. The molecule has 3 nitrogen and oxygen atoms in total. The van der Waals surface area contributed by atoms with Crippen LogP contribution in [-0.4, -0.2) is 19.0 Å². The zero-order valence-corrected chi connectivity index (χ0v) is 13.8. The van der Waals surface area contributed by atoms with Crippen molar-refractivity contribution in [3.63, 3.8) is 0 Å². The van der Waals surface area contributed by atoms with Gasteiger partial charge in [0.1, 0.15) is 0 Å². The summed E-state index contributed by atoms with van der Waals surface area (Å²) in [6.45, 7) is 12.1. The maximum absolute atomic E-state index is 10.7. The molecule has 0 aromatic heterocycles. The van der Waals surface area contributed by atoms with Crippen molar-refractivity contribution in [1.82, 2.24) is 5.32 Å². The molecule has 0 aliphatic carbocycles. The van der Waals surface area contributed by atoms with Crippen molar-refractivity contribution < 1.29 is 4.79 Å². The van der Waals surface area contributed by atoms with E-state index in [1.54, 1.807) is 0 Å². The standard InChI is InChI=1S/C9H20N2O.C7H16/c1-8(2)5-3-4-6-11-9(12)7-10;1-4-5-6-7(2)3/h8H,3-7,10H2,1-2H3,(H,11,12);7H,4-6H2,1-3H3. The maximum atomic E-state index is 10.7. The lowest BCUT2D eigenvalue weighted by atomic mass is 10.1. The van der Waals surface area contributed by atoms with E-state index in [0.29, 0.717) is 0 Å². The summed E-state index contributed by atoms with van der Waals surface area (Å²) in [5, 5.41) is 2.74. The zero-order valence-electron chi connectivity index (χ0n) is 13.8. The highest BCUT2D eigenvalue weighted by atomic mass is 16.1. The summed E-state index contributed by atoms with van der Waals surface area (Å²) >= 11 is 0. The van der Waals surface area contributed by atoms with E-state index in [1.807, 2.05) is 0 Å². The van der Waals surface area contributed by atoms with Crippen LogP contribution in [0.25, 0.3) is 0 Å². The summed E-state index contributed by atoms with van der Waals surface area (Å²) < 4.78 is 0. The van der Waals surface area contributed by atoms with Gasteiger partial charge in [-0.1, -0.05) is 66.7 Å². The molecule has 0 aliphatic heterocycles. The van der Waals surface area contributed by atoms with Gasteiger partial charge in [0.2, 0.25) is 5.91 Å². The highest BCUT2D eigenvalue weighted by molar-refractivity contribution is 5.77. The Morgan fingerprint density at radius 2 is 1.53 bits per heavy atom. The Morgan fingerprint density at radius 1 is 1.00 bits per heavy atom. The van der Waals surface area contributed by atoms with Gasteiger partial charge in [0.25, 0.3) is 0 Å². The van der Waals surface area contributed by atoms with Crippen molar-refractivity contribution in [2.24, 2.45) is 17.6 Å². The van der Waals surface area contributed by atoms with Gasteiger partial charge in [-0.3, -0.25) is 4.79 Å². The van der Waals surface area contributed by atoms with Crippen molar-refractivity contribution >= 4 is 5.91 Å². The molecule has 3 heteroatoms. The van der Waals surface area contributed by atoms with E-state index in [0.717, 1.165) is 24.8 Å². The molecule has 0 saturated heterocycles. The summed E-state index contributed by atoms with van der Waals surface area (Å²) in [6.07, 6.45) is 7.62. The lowest BCUT2D eigenvalue weighted by molar-refractivity contribution is -0.119. The first-order chi connectivity index (χ1) is 8.93. The van der Waals surface area contributed by atoms with E-state index >= 15 is 0 Å². The monoisotopic (exact) mass is 272 g/mol. The number of nitrogens with one attached hydrogen (secondary N) is 1. The molecule has 19 heavy (non-hydrogen) atoms. The smallest absolute Gasteiger partial charge is 0.233 e. The van der Waals surface area contributed by atoms with Crippen LogP contribution >= 0.6 is 0 Å². The molecule has 0 saturated carbocycles. The zero-order chi connectivity index (χ0) is 15.1. The number of nitrogens with two attached hydrogens (primary N) is 1. The molecule has 0 bridgehead atoms. The third-order valence-corrected chi connectivity index (χ3v) is 2.85. The Morgan fingerprint density at radius 3 is 1.89 bits per heavy atom. The Balaban J connectivity index is 0. The predicted molar refractivity (Wildman–Crippen MR) is 85.1 cm³/mol. The predicted octanol–water partition coefficient (Wildman–Crippen LogP) is 3.72. The molecule has 0 atom stereocenters. The average molecular weight is 272 g/mol. The SMILES string of the molecule is CC(C)CCCCNC(=O)CN.CCCCC(C)C. The fourth-order valence-electron chi connectivity index (χ4n) is 1.59. The molecule has 0 rings (SSSR count). The van der Waals surface area contributed by atoms with Crippen molar-refractivity contribution in [2.45, 2.75) is 73.1 Å². The number of rotatable bonds is 9. The van der Waals surface area contributed by atoms with E-state index in [1.165, 1.54) is 32.1 Å². The van der Waals surface area contributed by atoms with Crippen molar-refractivity contribution in [1.29, 1.82) is 0 Å². The summed E-state index contributed by atoms with van der Waals surface area (Å²) in [4.78, 5) is 10.7. The first kappa shape index (κ1) is 20.7. The van der Waals surface area contributed by atoms with E-state index in [9.17, 15) is 4.79 Å². The molecule has 116 valence electrons. The Kier molecular flexibility index (Phi) is 16.9. The van der Waals surface area contributed by atoms with Crippen molar-refractivity contribution in [3.05, 3.63) is 0 Å². The summed E-state index contributed by atoms with van der Waals surface area (Å²) in [6, 6.07) is 0. The Labute approximate surface area is 120 Å². The lowest BCUT2D eigenvalue weighted by Crippen LogP contribution is -2.30. The number of carbonyl (C=O) groups is 1. The Bertz CT molecular complexity index is 191. The molecular weight excluding hydrogens is 236 g/mol. The minimum atomic E-state index is -0.0560. The van der Waals surface area contributed by atoms with Crippen LogP contribution in [0.5, 0.6) is 0 Å². The van der Waals surface area contributed by atoms with Gasteiger partial charge >= 0.3 is 0 Å². The van der Waals surface area contributed by atoms with Gasteiger partial charge in [-0.2, -0.15) is 0 Å². The van der Waals surface area contributed by atoms with Crippen LogP contribution in [-0.2, 0) is 4.79 Å². The quantitative estimate of drug-likeness (QED) is 0.629. The molecule has 0 aromatic carbocycles. The largest absolute Gasteiger partial charge is 0.355 e. The van der Waals surface area contributed by atoms with Gasteiger partial charge in [0.05, 0.1) is 6.54 Å². The fourth-order valence-corrected chi connectivity index (χ4v) is 1.59. The van der Waals surface area contributed by atoms with Crippen LogP contribution in [0, 0.1) is 11.8 Å². The second-order valence-electron chi connectivity index (χ2n) is 5.98. The molecule has 0 radical (unpaired) electrons. The molecule has 3 N–H and O–H groups in total. The molecule has 0 aliphatic rings. The van der Waals surface area contributed by atoms with E-state index in [2.05, 4.69) is 39.9 Å². The van der Waals surface area contributed by atoms with Crippen LogP contribution < -0.4 is 11.1 Å². The number of amides is 1. The second kappa shape index (κ2) is 15.5. The number of hydrogen-bond acceptors (Lipinski definition) is 2. The van der Waals surface area contributed by atoms with Gasteiger partial charge in [0.15, 0.2) is 0 Å². The third-order valence-electron chi connectivity index (χ3n) is 2.85. The van der Waals surface area contributed by atoms with Crippen LogP contribution in [0.15, 0.2) is 0 Å². The summed E-state index contributed by atoms with van der Waals surface area (Å²) in [5.74, 6) is 1.61. The molecule has 0 aromatic rings. The van der Waals surface area contributed by atoms with Gasteiger partial charge in [-0.25, -0.2) is 0 Å². The molecular formula is C16H36N2O. The molecule has 0 unspecified atom stereocenters. The topological polar surface area (TPSA) is 55.1 Å². The van der Waals surface area contributed by atoms with Crippen molar-refractivity contribution in [2.75, 3.05) is 13.1 Å². The van der Waals surface area contributed by atoms with Crippen LogP contribution in [0.1, 0.15) is 73.1 Å².